The Labute approximate surface area is 257 Å². The van der Waals surface area contributed by atoms with Crippen molar-refractivity contribution < 1.29 is 26.3 Å². The molecule has 4 aromatic carbocycles. The van der Waals surface area contributed by atoms with Crippen LogP contribution in [0, 0.1) is 0 Å². The van der Waals surface area contributed by atoms with Crippen molar-refractivity contribution in [2.45, 2.75) is 12.4 Å². The number of halogens is 6. The Morgan fingerprint density at radius 3 is 1.09 bits per heavy atom. The van der Waals surface area contributed by atoms with Crippen LogP contribution in [0.4, 0.5) is 38.2 Å². The van der Waals surface area contributed by atoms with Crippen LogP contribution in [0.15, 0.2) is 109 Å². The SMILES string of the molecule is Nc1nnc(-c2cccc(C(F)(F)F)c2)c(-c2ccccc2)n1.Nc1nnc(-c2cccc(C(F)(F)F)c2)c(-c2ccccc2)n1. The Morgan fingerprint density at radius 1 is 0.391 bits per heavy atom. The minimum absolute atomic E-state index is 0.0421. The lowest BCUT2D eigenvalue weighted by Crippen LogP contribution is -2.06. The number of benzene rings is 4. The Kier molecular flexibility index (Phi) is 8.89. The van der Waals surface area contributed by atoms with Crippen molar-refractivity contribution >= 4 is 11.9 Å². The van der Waals surface area contributed by atoms with E-state index in [1.165, 1.54) is 24.3 Å². The van der Waals surface area contributed by atoms with Crippen LogP contribution in [0.2, 0.25) is 0 Å². The highest BCUT2D eigenvalue weighted by Gasteiger charge is 2.32. The third-order valence-electron chi connectivity index (χ3n) is 6.43. The van der Waals surface area contributed by atoms with Crippen molar-refractivity contribution in [3.8, 4) is 45.0 Å². The van der Waals surface area contributed by atoms with E-state index in [1.807, 2.05) is 12.1 Å². The van der Waals surface area contributed by atoms with Gasteiger partial charge in [0.15, 0.2) is 0 Å². The summed E-state index contributed by atoms with van der Waals surface area (Å²) in [5, 5.41) is 15.2. The maximum absolute atomic E-state index is 12.9. The second-order valence-corrected chi connectivity index (χ2v) is 9.62. The first-order chi connectivity index (χ1) is 21.9. The molecule has 232 valence electrons. The van der Waals surface area contributed by atoms with Gasteiger partial charge in [-0.05, 0) is 24.3 Å². The highest BCUT2D eigenvalue weighted by molar-refractivity contribution is 5.79. The van der Waals surface area contributed by atoms with E-state index in [4.69, 9.17) is 11.5 Å². The van der Waals surface area contributed by atoms with Crippen LogP contribution in [0.5, 0.6) is 0 Å². The summed E-state index contributed by atoms with van der Waals surface area (Å²) in [6, 6.07) is 27.7. The van der Waals surface area contributed by atoms with E-state index in [0.717, 1.165) is 24.3 Å². The minimum Gasteiger partial charge on any atom is -0.366 e. The molecule has 2 aromatic heterocycles. The molecule has 0 saturated heterocycles. The summed E-state index contributed by atoms with van der Waals surface area (Å²) in [4.78, 5) is 8.27. The average Bonchev–Trinajstić information content (AvgIpc) is 3.05. The zero-order valence-electron chi connectivity index (χ0n) is 23.5. The molecule has 14 heteroatoms. The molecule has 0 aliphatic heterocycles. The Morgan fingerprint density at radius 2 is 0.739 bits per heavy atom. The van der Waals surface area contributed by atoms with Gasteiger partial charge >= 0.3 is 12.4 Å². The van der Waals surface area contributed by atoms with Crippen molar-refractivity contribution in [3.63, 3.8) is 0 Å². The van der Waals surface area contributed by atoms with Gasteiger partial charge in [0, 0.05) is 22.3 Å². The first kappa shape index (κ1) is 31.5. The molecule has 0 spiro atoms. The molecule has 0 radical (unpaired) electrons. The fourth-order valence-corrected chi connectivity index (χ4v) is 4.35. The van der Waals surface area contributed by atoms with Gasteiger partial charge in [0.05, 0.1) is 11.1 Å². The first-order valence-electron chi connectivity index (χ1n) is 13.4. The minimum atomic E-state index is -4.43. The smallest absolute Gasteiger partial charge is 0.366 e. The van der Waals surface area contributed by atoms with Gasteiger partial charge in [0.2, 0.25) is 11.9 Å². The van der Waals surface area contributed by atoms with Gasteiger partial charge in [-0.25, -0.2) is 9.97 Å². The largest absolute Gasteiger partial charge is 0.416 e. The number of nitrogens with zero attached hydrogens (tertiary/aromatic N) is 6. The van der Waals surface area contributed by atoms with Crippen LogP contribution < -0.4 is 11.5 Å². The molecule has 0 unspecified atom stereocenters. The quantitative estimate of drug-likeness (QED) is 0.190. The molecule has 0 aliphatic carbocycles. The molecular weight excluding hydrogens is 610 g/mol. The lowest BCUT2D eigenvalue weighted by Gasteiger charge is -2.11. The summed E-state index contributed by atoms with van der Waals surface area (Å²) < 4.78 is 77.4. The summed E-state index contributed by atoms with van der Waals surface area (Å²) in [5.74, 6) is -0.0841. The standard InChI is InChI=1S/2C16H11F3N4/c2*17-16(18,19)12-8-4-7-11(9-12)14-13(21-15(20)23-22-14)10-5-2-1-3-6-10/h2*1-9H,(H2,20,21,23). The third-order valence-corrected chi connectivity index (χ3v) is 6.43. The van der Waals surface area contributed by atoms with Crippen molar-refractivity contribution in [2.75, 3.05) is 11.5 Å². The Balaban J connectivity index is 0.000000181. The van der Waals surface area contributed by atoms with Crippen LogP contribution in [0.25, 0.3) is 45.0 Å². The molecule has 0 aliphatic rings. The first-order valence-corrected chi connectivity index (χ1v) is 13.4. The van der Waals surface area contributed by atoms with E-state index in [0.29, 0.717) is 22.5 Å². The van der Waals surface area contributed by atoms with E-state index in [1.54, 1.807) is 48.5 Å². The Hall–Kier alpha value is -5.92. The molecule has 46 heavy (non-hydrogen) atoms. The maximum Gasteiger partial charge on any atom is 0.416 e. The highest BCUT2D eigenvalue weighted by atomic mass is 19.4. The van der Waals surface area contributed by atoms with Crippen molar-refractivity contribution in [3.05, 3.63) is 120 Å². The van der Waals surface area contributed by atoms with Crippen molar-refractivity contribution in [2.24, 2.45) is 0 Å². The molecular formula is C32H22F6N8. The van der Waals surface area contributed by atoms with Crippen LogP contribution >= 0.6 is 0 Å². The topological polar surface area (TPSA) is 129 Å². The number of rotatable bonds is 4. The summed E-state index contributed by atoms with van der Waals surface area (Å²) >= 11 is 0. The summed E-state index contributed by atoms with van der Waals surface area (Å²) in [6.45, 7) is 0. The summed E-state index contributed by atoms with van der Waals surface area (Å²) in [7, 11) is 0. The summed E-state index contributed by atoms with van der Waals surface area (Å²) in [5.41, 5.74) is 12.9. The van der Waals surface area contributed by atoms with Gasteiger partial charge in [-0.3, -0.25) is 0 Å². The fourth-order valence-electron chi connectivity index (χ4n) is 4.35. The van der Waals surface area contributed by atoms with E-state index >= 15 is 0 Å². The number of hydrogen-bond donors (Lipinski definition) is 2. The number of nitrogens with two attached hydrogens (primary N) is 2. The molecule has 8 nitrogen and oxygen atoms in total. The second-order valence-electron chi connectivity index (χ2n) is 9.62. The zero-order valence-corrected chi connectivity index (χ0v) is 23.5. The van der Waals surface area contributed by atoms with Gasteiger partial charge in [-0.1, -0.05) is 84.9 Å². The molecule has 0 saturated carbocycles. The third kappa shape index (κ3) is 7.41. The zero-order chi connectivity index (χ0) is 32.9. The van der Waals surface area contributed by atoms with Gasteiger partial charge in [0.25, 0.3) is 0 Å². The second kappa shape index (κ2) is 13.0. The molecule has 0 amide bonds. The molecule has 6 rings (SSSR count). The molecule has 6 aromatic rings. The van der Waals surface area contributed by atoms with Gasteiger partial charge in [-0.15, -0.1) is 20.4 Å². The van der Waals surface area contributed by atoms with E-state index in [-0.39, 0.29) is 34.4 Å². The number of aromatic nitrogens is 6. The summed E-state index contributed by atoms with van der Waals surface area (Å²) in [6.07, 6.45) is -8.87. The lowest BCUT2D eigenvalue weighted by atomic mass is 10.0. The highest BCUT2D eigenvalue weighted by Crippen LogP contribution is 2.36. The van der Waals surface area contributed by atoms with Crippen LogP contribution in [-0.2, 0) is 12.4 Å². The monoisotopic (exact) mass is 632 g/mol. The van der Waals surface area contributed by atoms with Crippen LogP contribution in [0.1, 0.15) is 11.1 Å². The molecule has 4 N–H and O–H groups in total. The van der Waals surface area contributed by atoms with E-state index in [9.17, 15) is 26.3 Å². The number of hydrogen-bond acceptors (Lipinski definition) is 8. The van der Waals surface area contributed by atoms with Gasteiger partial charge in [0.1, 0.15) is 22.8 Å². The van der Waals surface area contributed by atoms with Gasteiger partial charge in [-0.2, -0.15) is 26.3 Å². The van der Waals surface area contributed by atoms with E-state index < -0.39 is 23.5 Å². The number of alkyl halides is 6. The average molecular weight is 633 g/mol. The molecule has 0 atom stereocenters. The van der Waals surface area contributed by atoms with Crippen molar-refractivity contribution in [1.82, 2.24) is 30.4 Å². The Bertz CT molecular complexity index is 1810. The lowest BCUT2D eigenvalue weighted by molar-refractivity contribution is -0.138. The van der Waals surface area contributed by atoms with Crippen LogP contribution in [0.3, 0.4) is 0 Å². The fraction of sp³-hybridized carbons (Fsp3) is 0.0625. The number of anilines is 2. The predicted octanol–water partition coefficient (Wildman–Crippen LogP) is 7.61. The van der Waals surface area contributed by atoms with E-state index in [2.05, 4.69) is 30.4 Å². The van der Waals surface area contributed by atoms with Gasteiger partial charge < -0.3 is 11.5 Å². The van der Waals surface area contributed by atoms with Crippen molar-refractivity contribution in [1.29, 1.82) is 0 Å². The number of nitrogen functional groups attached to an aromatic ring is 2. The predicted molar refractivity (Wildman–Crippen MR) is 160 cm³/mol. The maximum atomic E-state index is 12.9. The molecule has 0 fully saturated rings. The molecule has 0 bridgehead atoms. The van der Waals surface area contributed by atoms with Crippen LogP contribution in [-0.4, -0.2) is 30.4 Å². The molecule has 2 heterocycles. The normalized spacial score (nSPS) is 11.4.